The van der Waals surface area contributed by atoms with Crippen LogP contribution >= 0.6 is 11.6 Å². The highest BCUT2D eigenvalue weighted by molar-refractivity contribution is 6.20. The van der Waals surface area contributed by atoms with Crippen molar-refractivity contribution in [2.24, 2.45) is 0 Å². The molecule has 5 heteroatoms. The smallest absolute Gasteiger partial charge is 0.128 e. The number of hydrogen-bond acceptors (Lipinski definition) is 2. The highest BCUT2D eigenvalue weighted by atomic mass is 35.5. The van der Waals surface area contributed by atoms with Crippen LogP contribution in [0, 0.1) is 5.82 Å². The van der Waals surface area contributed by atoms with Gasteiger partial charge in [-0.05, 0) is 30.7 Å². The van der Waals surface area contributed by atoms with Crippen molar-refractivity contribution in [2.45, 2.75) is 18.8 Å². The third-order valence-electron chi connectivity index (χ3n) is 3.19. The van der Waals surface area contributed by atoms with Crippen LogP contribution in [0.1, 0.15) is 23.7 Å². The average molecular weight is 290 g/mol. The van der Waals surface area contributed by atoms with E-state index in [1.807, 2.05) is 17.6 Å². The molecule has 1 aromatic carbocycles. The summed E-state index contributed by atoms with van der Waals surface area (Å²) in [4.78, 5) is 8.60. The van der Waals surface area contributed by atoms with Gasteiger partial charge in [0.15, 0.2) is 0 Å². The van der Waals surface area contributed by atoms with E-state index in [0.717, 1.165) is 22.4 Å². The van der Waals surface area contributed by atoms with Gasteiger partial charge in [-0.3, -0.25) is 4.98 Å². The molecule has 3 nitrogen and oxygen atoms in total. The lowest BCUT2D eigenvalue weighted by Gasteiger charge is -2.10. The predicted molar refractivity (Wildman–Crippen MR) is 77.3 cm³/mol. The molecule has 0 radical (unpaired) electrons. The molecule has 3 aromatic rings. The molecule has 0 aliphatic heterocycles. The first-order valence-corrected chi connectivity index (χ1v) is 6.77. The normalized spacial score (nSPS) is 12.8. The van der Waals surface area contributed by atoms with E-state index >= 15 is 0 Å². The van der Waals surface area contributed by atoms with Gasteiger partial charge < -0.3 is 4.57 Å². The molecule has 1 unspecified atom stereocenters. The quantitative estimate of drug-likeness (QED) is 0.684. The number of aromatic nitrogens is 3. The summed E-state index contributed by atoms with van der Waals surface area (Å²) in [5.74, 6) is 0.554. The van der Waals surface area contributed by atoms with Crippen LogP contribution in [-0.4, -0.2) is 14.5 Å². The van der Waals surface area contributed by atoms with Gasteiger partial charge in [0.1, 0.15) is 17.2 Å². The van der Waals surface area contributed by atoms with Crippen molar-refractivity contribution >= 4 is 22.6 Å². The van der Waals surface area contributed by atoms with Gasteiger partial charge in [-0.2, -0.15) is 0 Å². The molecule has 2 heterocycles. The summed E-state index contributed by atoms with van der Waals surface area (Å²) in [5, 5.41) is -0.206. The zero-order valence-electron chi connectivity index (χ0n) is 10.9. The molecule has 0 fully saturated rings. The van der Waals surface area contributed by atoms with Crippen molar-refractivity contribution in [2.75, 3.05) is 0 Å². The Labute approximate surface area is 121 Å². The van der Waals surface area contributed by atoms with Crippen LogP contribution in [0.4, 0.5) is 4.39 Å². The van der Waals surface area contributed by atoms with Crippen LogP contribution in [0.25, 0.3) is 11.0 Å². The maximum absolute atomic E-state index is 13.0. The van der Waals surface area contributed by atoms with Crippen LogP contribution in [0.3, 0.4) is 0 Å². The molecule has 0 aliphatic rings. The summed E-state index contributed by atoms with van der Waals surface area (Å²) in [7, 11) is 0. The van der Waals surface area contributed by atoms with Crippen LogP contribution in [-0.2, 0) is 6.54 Å². The zero-order valence-corrected chi connectivity index (χ0v) is 11.7. The molecule has 0 spiro atoms. The lowest BCUT2D eigenvalue weighted by molar-refractivity contribution is 0.626. The zero-order chi connectivity index (χ0) is 14.1. The van der Waals surface area contributed by atoms with Gasteiger partial charge in [0.25, 0.3) is 0 Å². The molecule has 0 aliphatic carbocycles. The molecule has 1 atom stereocenters. The Morgan fingerprint density at radius 3 is 2.70 bits per heavy atom. The Morgan fingerprint density at radius 1 is 1.25 bits per heavy atom. The molecule has 2 aromatic heterocycles. The van der Waals surface area contributed by atoms with E-state index in [2.05, 4.69) is 9.97 Å². The third kappa shape index (κ3) is 2.39. The highest BCUT2D eigenvalue weighted by Gasteiger charge is 2.15. The molecule has 0 N–H and O–H groups in total. The molecular weight excluding hydrogens is 277 g/mol. The monoisotopic (exact) mass is 289 g/mol. The number of nitrogens with zero attached hydrogens (tertiary/aromatic N) is 3. The van der Waals surface area contributed by atoms with E-state index in [9.17, 15) is 4.39 Å². The summed E-state index contributed by atoms with van der Waals surface area (Å²) >= 11 is 6.21. The summed E-state index contributed by atoms with van der Waals surface area (Å²) in [5.41, 5.74) is 2.80. The minimum absolute atomic E-state index is 0.206. The van der Waals surface area contributed by atoms with Gasteiger partial charge in [-0.25, -0.2) is 9.37 Å². The van der Waals surface area contributed by atoms with Crippen LogP contribution in [0.5, 0.6) is 0 Å². The fourth-order valence-corrected chi connectivity index (χ4v) is 2.41. The number of alkyl halides is 1. The number of halogens is 2. The molecular formula is C15H13ClFN3. The first-order chi connectivity index (χ1) is 9.65. The molecule has 0 saturated carbocycles. The third-order valence-corrected chi connectivity index (χ3v) is 3.38. The van der Waals surface area contributed by atoms with Crippen molar-refractivity contribution in [3.8, 4) is 0 Å². The highest BCUT2D eigenvalue weighted by Crippen LogP contribution is 2.25. The number of fused-ring (bicyclic) bond motifs is 1. The molecule has 102 valence electrons. The lowest BCUT2D eigenvalue weighted by atomic mass is 10.2. The second-order valence-electron chi connectivity index (χ2n) is 4.66. The van der Waals surface area contributed by atoms with E-state index < -0.39 is 0 Å². The lowest BCUT2D eigenvalue weighted by Crippen LogP contribution is -2.05. The van der Waals surface area contributed by atoms with Gasteiger partial charge >= 0.3 is 0 Å². The number of pyridine rings is 1. The van der Waals surface area contributed by atoms with E-state index in [-0.39, 0.29) is 11.2 Å². The minimum Gasteiger partial charge on any atom is -0.322 e. The standard InChI is InChI=1S/C15H13ClFN3/c1-10(16)15-19-13-8-18-7-6-14(13)20(15)9-11-2-4-12(17)5-3-11/h2-8,10H,9H2,1H3. The Bertz CT molecular complexity index is 734. The summed E-state index contributed by atoms with van der Waals surface area (Å²) < 4.78 is 15.0. The largest absolute Gasteiger partial charge is 0.322 e. The van der Waals surface area contributed by atoms with Gasteiger partial charge in [-0.1, -0.05) is 12.1 Å². The second kappa shape index (κ2) is 5.21. The number of rotatable bonds is 3. The van der Waals surface area contributed by atoms with Crippen molar-refractivity contribution in [3.63, 3.8) is 0 Å². The summed E-state index contributed by atoms with van der Waals surface area (Å²) in [6.07, 6.45) is 3.45. The summed E-state index contributed by atoms with van der Waals surface area (Å²) in [6.45, 7) is 2.49. The van der Waals surface area contributed by atoms with Gasteiger partial charge in [-0.15, -0.1) is 11.6 Å². The maximum atomic E-state index is 13.0. The Balaban J connectivity index is 2.09. The van der Waals surface area contributed by atoms with Crippen LogP contribution < -0.4 is 0 Å². The SMILES string of the molecule is CC(Cl)c1nc2cnccc2n1Cc1ccc(F)cc1. The van der Waals surface area contributed by atoms with Crippen molar-refractivity contribution < 1.29 is 4.39 Å². The molecule has 0 saturated heterocycles. The minimum atomic E-state index is -0.237. The molecule has 20 heavy (non-hydrogen) atoms. The van der Waals surface area contributed by atoms with Crippen molar-refractivity contribution in [1.29, 1.82) is 0 Å². The van der Waals surface area contributed by atoms with Crippen molar-refractivity contribution in [1.82, 2.24) is 14.5 Å². The maximum Gasteiger partial charge on any atom is 0.128 e. The fourth-order valence-electron chi connectivity index (χ4n) is 2.24. The average Bonchev–Trinajstić information content (AvgIpc) is 2.81. The summed E-state index contributed by atoms with van der Waals surface area (Å²) in [6, 6.07) is 8.37. The predicted octanol–water partition coefficient (Wildman–Crippen LogP) is 3.92. The second-order valence-corrected chi connectivity index (χ2v) is 5.32. The van der Waals surface area contributed by atoms with Gasteiger partial charge in [0.2, 0.25) is 0 Å². The van der Waals surface area contributed by atoms with Crippen LogP contribution in [0.2, 0.25) is 0 Å². The van der Waals surface area contributed by atoms with Gasteiger partial charge in [0.05, 0.1) is 17.1 Å². The molecule has 3 rings (SSSR count). The van der Waals surface area contributed by atoms with E-state index in [4.69, 9.17) is 11.6 Å². The number of hydrogen-bond donors (Lipinski definition) is 0. The van der Waals surface area contributed by atoms with E-state index in [1.54, 1.807) is 24.5 Å². The van der Waals surface area contributed by atoms with Crippen molar-refractivity contribution in [3.05, 3.63) is 59.9 Å². The van der Waals surface area contributed by atoms with Gasteiger partial charge in [0, 0.05) is 12.7 Å². The van der Waals surface area contributed by atoms with E-state index in [1.165, 1.54) is 12.1 Å². The Kier molecular flexibility index (Phi) is 3.40. The number of benzene rings is 1. The molecule has 0 amide bonds. The number of imidazole rings is 1. The Hall–Kier alpha value is -1.94. The fraction of sp³-hybridized carbons (Fsp3) is 0.200. The topological polar surface area (TPSA) is 30.7 Å². The molecule has 0 bridgehead atoms. The van der Waals surface area contributed by atoms with Crippen LogP contribution in [0.15, 0.2) is 42.7 Å². The Morgan fingerprint density at radius 2 is 2.00 bits per heavy atom. The first kappa shape index (κ1) is 13.1. The first-order valence-electron chi connectivity index (χ1n) is 6.34. The van der Waals surface area contributed by atoms with E-state index in [0.29, 0.717) is 6.54 Å².